The van der Waals surface area contributed by atoms with E-state index in [1.54, 1.807) is 0 Å². The van der Waals surface area contributed by atoms with Crippen LogP contribution in [0.5, 0.6) is 0 Å². The lowest BCUT2D eigenvalue weighted by Gasteiger charge is -2.14. The molecule has 120 valence electrons. The second-order valence-electron chi connectivity index (χ2n) is 4.67. The molecule has 1 aromatic rings. The van der Waals surface area contributed by atoms with Gasteiger partial charge in [-0.15, -0.1) is 0 Å². The van der Waals surface area contributed by atoms with Crippen molar-refractivity contribution in [1.82, 2.24) is 0 Å². The van der Waals surface area contributed by atoms with Gasteiger partial charge in [0.25, 0.3) is 15.5 Å². The van der Waals surface area contributed by atoms with E-state index in [1.165, 1.54) is 0 Å². The van der Waals surface area contributed by atoms with Crippen molar-refractivity contribution in [2.45, 2.75) is 29.3 Å². The largest absolute Gasteiger partial charge is 0.501 e. The van der Waals surface area contributed by atoms with Gasteiger partial charge in [0.1, 0.15) is 5.69 Å². The standard InChI is InChI=1S/C12H11F3N2O4S/c13-12(14,15)22(20,21)9-5-6-10(11(7-9)17(18)19)16-8-3-1-2-4-8/h1-2,5-8,16H,3-4H2. The van der Waals surface area contributed by atoms with Crippen molar-refractivity contribution in [3.05, 3.63) is 40.5 Å². The molecule has 0 amide bonds. The fourth-order valence-corrected chi connectivity index (χ4v) is 2.82. The number of benzene rings is 1. The number of anilines is 1. The Kier molecular flexibility index (Phi) is 4.14. The van der Waals surface area contributed by atoms with Gasteiger partial charge in [0.15, 0.2) is 0 Å². The molecule has 1 N–H and O–H groups in total. The molecule has 2 rings (SSSR count). The molecule has 0 saturated heterocycles. The van der Waals surface area contributed by atoms with Crippen LogP contribution in [0.15, 0.2) is 35.2 Å². The molecule has 0 radical (unpaired) electrons. The molecule has 0 atom stereocenters. The van der Waals surface area contributed by atoms with E-state index >= 15 is 0 Å². The molecule has 0 unspecified atom stereocenters. The van der Waals surface area contributed by atoms with E-state index in [2.05, 4.69) is 5.32 Å². The molecule has 0 spiro atoms. The van der Waals surface area contributed by atoms with Gasteiger partial charge in [-0.25, -0.2) is 8.42 Å². The van der Waals surface area contributed by atoms with Crippen molar-refractivity contribution in [2.75, 3.05) is 5.32 Å². The molecule has 1 aliphatic carbocycles. The number of hydrogen-bond acceptors (Lipinski definition) is 5. The Balaban J connectivity index is 2.41. The zero-order valence-electron chi connectivity index (χ0n) is 11.0. The highest BCUT2D eigenvalue weighted by molar-refractivity contribution is 7.92. The summed E-state index contributed by atoms with van der Waals surface area (Å²) in [7, 11) is -5.62. The van der Waals surface area contributed by atoms with Crippen molar-refractivity contribution in [3.8, 4) is 0 Å². The van der Waals surface area contributed by atoms with Gasteiger partial charge in [-0.3, -0.25) is 10.1 Å². The van der Waals surface area contributed by atoms with Crippen LogP contribution in [0.1, 0.15) is 12.8 Å². The summed E-state index contributed by atoms with van der Waals surface area (Å²) in [5.41, 5.74) is -6.23. The molecule has 10 heteroatoms. The molecule has 1 aromatic carbocycles. The number of halogens is 3. The van der Waals surface area contributed by atoms with E-state index in [-0.39, 0.29) is 11.7 Å². The van der Waals surface area contributed by atoms with Crippen LogP contribution in [0.2, 0.25) is 0 Å². The van der Waals surface area contributed by atoms with Crippen molar-refractivity contribution in [2.24, 2.45) is 0 Å². The van der Waals surface area contributed by atoms with Gasteiger partial charge >= 0.3 is 5.51 Å². The van der Waals surface area contributed by atoms with Gasteiger partial charge in [-0.1, -0.05) is 12.2 Å². The highest BCUT2D eigenvalue weighted by Crippen LogP contribution is 2.35. The normalized spacial score (nSPS) is 16.0. The SMILES string of the molecule is O=[N+]([O-])c1cc(S(=O)(=O)C(F)(F)F)ccc1NC1CC=CC1. The van der Waals surface area contributed by atoms with Crippen molar-refractivity contribution in [3.63, 3.8) is 0 Å². The third kappa shape index (κ3) is 3.06. The van der Waals surface area contributed by atoms with Crippen LogP contribution in [0, 0.1) is 10.1 Å². The van der Waals surface area contributed by atoms with Crippen LogP contribution < -0.4 is 5.32 Å². The van der Waals surface area contributed by atoms with E-state index in [0.29, 0.717) is 25.0 Å². The minimum absolute atomic E-state index is 0.0141. The predicted molar refractivity (Wildman–Crippen MR) is 72.1 cm³/mol. The van der Waals surface area contributed by atoms with Crippen molar-refractivity contribution >= 4 is 21.2 Å². The number of sulfone groups is 1. The molecule has 0 heterocycles. The van der Waals surface area contributed by atoms with E-state index in [0.717, 1.165) is 6.07 Å². The van der Waals surface area contributed by atoms with Crippen LogP contribution in [0.3, 0.4) is 0 Å². The Morgan fingerprint density at radius 2 is 1.82 bits per heavy atom. The average molecular weight is 336 g/mol. The minimum Gasteiger partial charge on any atom is -0.376 e. The maximum atomic E-state index is 12.5. The Hall–Kier alpha value is -2.10. The molecule has 0 aliphatic heterocycles. The minimum atomic E-state index is -5.62. The second kappa shape index (κ2) is 5.59. The monoisotopic (exact) mass is 336 g/mol. The highest BCUT2D eigenvalue weighted by atomic mass is 32.2. The molecule has 0 bridgehead atoms. The van der Waals surface area contributed by atoms with Crippen LogP contribution in [-0.4, -0.2) is 24.9 Å². The zero-order chi connectivity index (χ0) is 16.5. The summed E-state index contributed by atoms with van der Waals surface area (Å²) in [6, 6.07) is 2.01. The van der Waals surface area contributed by atoms with E-state index in [1.807, 2.05) is 12.2 Å². The maximum Gasteiger partial charge on any atom is 0.501 e. The van der Waals surface area contributed by atoms with Gasteiger partial charge in [-0.2, -0.15) is 13.2 Å². The fourth-order valence-electron chi connectivity index (χ4n) is 2.04. The third-order valence-electron chi connectivity index (χ3n) is 3.15. The predicted octanol–water partition coefficient (Wildman–Crippen LogP) is 3.02. The summed E-state index contributed by atoms with van der Waals surface area (Å²) in [6.07, 6.45) is 4.98. The number of nitrogens with one attached hydrogen (secondary N) is 1. The highest BCUT2D eigenvalue weighted by Gasteiger charge is 2.47. The van der Waals surface area contributed by atoms with Crippen LogP contribution in [0.4, 0.5) is 24.5 Å². The van der Waals surface area contributed by atoms with Gasteiger partial charge in [0, 0.05) is 12.1 Å². The zero-order valence-corrected chi connectivity index (χ0v) is 11.8. The lowest BCUT2D eigenvalue weighted by atomic mass is 10.2. The molecule has 1 aliphatic rings. The Morgan fingerprint density at radius 1 is 1.23 bits per heavy atom. The van der Waals surface area contributed by atoms with Crippen LogP contribution in [-0.2, 0) is 9.84 Å². The first-order valence-corrected chi connectivity index (χ1v) is 7.62. The van der Waals surface area contributed by atoms with E-state index < -0.39 is 30.9 Å². The quantitative estimate of drug-likeness (QED) is 0.519. The maximum absolute atomic E-state index is 12.5. The average Bonchev–Trinajstić information content (AvgIpc) is 2.90. The first kappa shape index (κ1) is 16.3. The summed E-state index contributed by atoms with van der Waals surface area (Å²) >= 11 is 0. The van der Waals surface area contributed by atoms with Gasteiger partial charge in [0.05, 0.1) is 9.82 Å². The number of hydrogen-bond donors (Lipinski definition) is 1. The first-order chi connectivity index (χ1) is 10.1. The fraction of sp³-hybridized carbons (Fsp3) is 0.333. The van der Waals surface area contributed by atoms with E-state index in [9.17, 15) is 31.7 Å². The van der Waals surface area contributed by atoms with Gasteiger partial charge in [-0.05, 0) is 25.0 Å². The summed E-state index contributed by atoms with van der Waals surface area (Å²) in [5.74, 6) is 0. The molecular formula is C12H11F3N2O4S. The Labute approximate surface area is 123 Å². The third-order valence-corrected chi connectivity index (χ3v) is 4.63. The smallest absolute Gasteiger partial charge is 0.376 e. The number of alkyl halides is 3. The molecule has 0 saturated carbocycles. The Bertz CT molecular complexity index is 720. The van der Waals surface area contributed by atoms with Crippen LogP contribution in [0.25, 0.3) is 0 Å². The number of nitro groups is 1. The number of nitro benzene ring substituents is 1. The molecule has 6 nitrogen and oxygen atoms in total. The Morgan fingerprint density at radius 3 is 2.32 bits per heavy atom. The van der Waals surface area contributed by atoms with E-state index in [4.69, 9.17) is 0 Å². The molecular weight excluding hydrogens is 325 g/mol. The second-order valence-corrected chi connectivity index (χ2v) is 6.61. The van der Waals surface area contributed by atoms with Gasteiger partial charge < -0.3 is 5.32 Å². The molecule has 22 heavy (non-hydrogen) atoms. The van der Waals surface area contributed by atoms with Crippen molar-refractivity contribution < 1.29 is 26.5 Å². The lowest BCUT2D eigenvalue weighted by Crippen LogP contribution is -2.23. The van der Waals surface area contributed by atoms with Crippen molar-refractivity contribution in [1.29, 1.82) is 0 Å². The van der Waals surface area contributed by atoms with Crippen LogP contribution >= 0.6 is 0 Å². The summed E-state index contributed by atoms with van der Waals surface area (Å²) < 4.78 is 60.1. The molecule has 0 fully saturated rings. The number of nitrogens with zero attached hydrogens (tertiary/aromatic N) is 1. The molecule has 0 aromatic heterocycles. The summed E-state index contributed by atoms with van der Waals surface area (Å²) in [5, 5.41) is 13.8. The topological polar surface area (TPSA) is 89.3 Å². The summed E-state index contributed by atoms with van der Waals surface area (Å²) in [4.78, 5) is 8.93. The first-order valence-electron chi connectivity index (χ1n) is 6.14. The summed E-state index contributed by atoms with van der Waals surface area (Å²) in [6.45, 7) is 0. The number of rotatable bonds is 4. The lowest BCUT2D eigenvalue weighted by molar-refractivity contribution is -0.384. The van der Waals surface area contributed by atoms with Gasteiger partial charge in [0.2, 0.25) is 0 Å².